The highest BCUT2D eigenvalue weighted by Crippen LogP contribution is 2.16. The summed E-state index contributed by atoms with van der Waals surface area (Å²) in [6.45, 7) is 0. The van der Waals surface area contributed by atoms with Crippen molar-refractivity contribution in [3.8, 4) is 0 Å². The van der Waals surface area contributed by atoms with Crippen LogP contribution in [0.5, 0.6) is 0 Å². The fourth-order valence-corrected chi connectivity index (χ4v) is 1.53. The number of nitrogens with two attached hydrogens (primary N) is 1. The molecule has 0 heterocycles. The largest absolute Gasteiger partial charge is 0.453 e. The Morgan fingerprint density at radius 3 is 2.82 bits per heavy atom. The number of amides is 1. The van der Waals surface area contributed by atoms with Gasteiger partial charge in [0.2, 0.25) is 0 Å². The molecule has 0 spiro atoms. The lowest BCUT2D eigenvalue weighted by atomic mass is 10.1. The minimum Gasteiger partial charge on any atom is -0.453 e. The van der Waals surface area contributed by atoms with E-state index in [1.54, 1.807) is 12.1 Å². The van der Waals surface area contributed by atoms with E-state index in [4.69, 9.17) is 17.3 Å². The first kappa shape index (κ1) is 13.8. The molecular weight excluding hydrogens is 244 g/mol. The van der Waals surface area contributed by atoms with E-state index in [1.807, 2.05) is 12.1 Å². The van der Waals surface area contributed by atoms with Crippen LogP contribution in [0, 0.1) is 0 Å². The number of carbonyl (C=O) groups is 1. The molecule has 0 aliphatic carbocycles. The van der Waals surface area contributed by atoms with Crippen molar-refractivity contribution in [3.63, 3.8) is 0 Å². The van der Waals surface area contributed by atoms with Gasteiger partial charge in [0.1, 0.15) is 6.23 Å². The molecular formula is C11H15ClN2O3. The fraction of sp³-hybridized carbons (Fsp3) is 0.364. The lowest BCUT2D eigenvalue weighted by molar-refractivity contribution is 0.0928. The molecule has 2 atom stereocenters. The normalized spacial score (nSPS) is 13.9. The first-order valence-electron chi connectivity index (χ1n) is 5.06. The summed E-state index contributed by atoms with van der Waals surface area (Å²) in [6.07, 6.45) is -1.56. The van der Waals surface area contributed by atoms with Crippen molar-refractivity contribution in [1.29, 1.82) is 0 Å². The van der Waals surface area contributed by atoms with Crippen molar-refractivity contribution in [1.82, 2.24) is 5.32 Å². The molecule has 1 unspecified atom stereocenters. The molecule has 1 aromatic rings. The first-order valence-corrected chi connectivity index (χ1v) is 5.44. The van der Waals surface area contributed by atoms with Crippen molar-refractivity contribution < 1.29 is 14.6 Å². The van der Waals surface area contributed by atoms with Crippen LogP contribution in [0.2, 0.25) is 5.02 Å². The number of benzene rings is 1. The maximum Gasteiger partial charge on any atom is 0.408 e. The molecule has 1 amide bonds. The van der Waals surface area contributed by atoms with E-state index >= 15 is 0 Å². The molecule has 0 radical (unpaired) electrons. The third kappa shape index (κ3) is 4.22. The van der Waals surface area contributed by atoms with Crippen molar-refractivity contribution in [2.75, 3.05) is 7.11 Å². The minimum atomic E-state index is -1.18. The van der Waals surface area contributed by atoms with E-state index in [0.717, 1.165) is 5.56 Å². The quantitative estimate of drug-likeness (QED) is 0.700. The number of hydrogen-bond donors (Lipinski definition) is 3. The van der Waals surface area contributed by atoms with E-state index in [9.17, 15) is 9.90 Å². The van der Waals surface area contributed by atoms with E-state index in [1.165, 1.54) is 7.11 Å². The molecule has 17 heavy (non-hydrogen) atoms. The molecule has 0 aromatic heterocycles. The maximum absolute atomic E-state index is 10.9. The number of aliphatic hydroxyl groups is 1. The fourth-order valence-electron chi connectivity index (χ4n) is 1.32. The number of ether oxygens (including phenoxy) is 1. The number of nitrogens with one attached hydrogen (secondary N) is 1. The second kappa shape index (κ2) is 6.44. The van der Waals surface area contributed by atoms with Crippen LogP contribution in [-0.2, 0) is 11.2 Å². The van der Waals surface area contributed by atoms with E-state index < -0.39 is 18.4 Å². The smallest absolute Gasteiger partial charge is 0.408 e. The number of rotatable bonds is 4. The lowest BCUT2D eigenvalue weighted by Gasteiger charge is -2.19. The number of methoxy groups -OCH3 is 1. The molecule has 0 saturated heterocycles. The highest BCUT2D eigenvalue weighted by Gasteiger charge is 2.18. The van der Waals surface area contributed by atoms with Gasteiger partial charge >= 0.3 is 6.09 Å². The molecule has 1 rings (SSSR count). The van der Waals surface area contributed by atoms with Crippen molar-refractivity contribution in [3.05, 3.63) is 34.9 Å². The number of alkyl carbamates (subject to hydrolysis) is 1. The summed E-state index contributed by atoms with van der Waals surface area (Å²) >= 11 is 5.96. The van der Waals surface area contributed by atoms with Crippen LogP contribution in [0.25, 0.3) is 0 Å². The van der Waals surface area contributed by atoms with Gasteiger partial charge in [0.05, 0.1) is 13.2 Å². The monoisotopic (exact) mass is 258 g/mol. The van der Waals surface area contributed by atoms with Crippen LogP contribution in [0.4, 0.5) is 4.79 Å². The molecule has 4 N–H and O–H groups in total. The highest BCUT2D eigenvalue weighted by atomic mass is 35.5. The SMILES string of the molecule is COC(=O)NC(O)[C@H](N)Cc1ccccc1Cl. The topological polar surface area (TPSA) is 84.6 Å². The standard InChI is InChI=1S/C11H15ClN2O3/c1-17-11(16)14-10(15)9(13)6-7-4-2-3-5-8(7)12/h2-5,9-10,15H,6,13H2,1H3,(H,14,16)/t9-,10?/m1/s1. The predicted molar refractivity (Wildman–Crippen MR) is 64.7 cm³/mol. The van der Waals surface area contributed by atoms with Gasteiger partial charge in [0.15, 0.2) is 0 Å². The average molecular weight is 259 g/mol. The zero-order valence-corrected chi connectivity index (χ0v) is 10.1. The molecule has 0 fully saturated rings. The van der Waals surface area contributed by atoms with Crippen LogP contribution in [-0.4, -0.2) is 30.6 Å². The van der Waals surface area contributed by atoms with Crippen LogP contribution < -0.4 is 11.1 Å². The first-order chi connectivity index (χ1) is 8.04. The molecule has 94 valence electrons. The highest BCUT2D eigenvalue weighted by molar-refractivity contribution is 6.31. The average Bonchev–Trinajstić information content (AvgIpc) is 2.31. The number of hydrogen-bond acceptors (Lipinski definition) is 4. The number of aliphatic hydroxyl groups excluding tert-OH is 1. The molecule has 0 saturated carbocycles. The summed E-state index contributed by atoms with van der Waals surface area (Å²) < 4.78 is 4.35. The molecule has 5 nitrogen and oxygen atoms in total. The van der Waals surface area contributed by atoms with E-state index in [2.05, 4.69) is 10.1 Å². The van der Waals surface area contributed by atoms with Crippen molar-refractivity contribution in [2.45, 2.75) is 18.7 Å². The predicted octanol–water partition coefficient (Wildman–Crippen LogP) is 0.884. The van der Waals surface area contributed by atoms with Gasteiger partial charge in [0.25, 0.3) is 0 Å². The van der Waals surface area contributed by atoms with Gasteiger partial charge in [-0.05, 0) is 18.1 Å². The van der Waals surface area contributed by atoms with Gasteiger partial charge < -0.3 is 15.6 Å². The minimum absolute atomic E-state index is 0.352. The Bertz CT molecular complexity index is 387. The van der Waals surface area contributed by atoms with Crippen LogP contribution in [0.3, 0.4) is 0 Å². The second-order valence-electron chi connectivity index (χ2n) is 3.54. The second-order valence-corrected chi connectivity index (χ2v) is 3.95. The lowest BCUT2D eigenvalue weighted by Crippen LogP contribution is -2.48. The van der Waals surface area contributed by atoms with Crippen molar-refractivity contribution >= 4 is 17.7 Å². The Morgan fingerprint density at radius 1 is 1.59 bits per heavy atom. The number of carbonyl (C=O) groups excluding carboxylic acids is 1. The summed E-state index contributed by atoms with van der Waals surface area (Å²) in [7, 11) is 1.21. The third-order valence-corrected chi connectivity index (χ3v) is 2.64. The van der Waals surface area contributed by atoms with Crippen LogP contribution in [0.15, 0.2) is 24.3 Å². The van der Waals surface area contributed by atoms with E-state index in [-0.39, 0.29) is 0 Å². The summed E-state index contributed by atoms with van der Waals surface area (Å²) in [5, 5.41) is 12.4. The van der Waals surface area contributed by atoms with Gasteiger partial charge in [-0.1, -0.05) is 29.8 Å². The van der Waals surface area contributed by atoms with E-state index in [0.29, 0.717) is 11.4 Å². The van der Waals surface area contributed by atoms with Gasteiger partial charge in [0, 0.05) is 5.02 Å². The van der Waals surface area contributed by atoms with Crippen LogP contribution >= 0.6 is 11.6 Å². The van der Waals surface area contributed by atoms with Crippen molar-refractivity contribution in [2.24, 2.45) is 5.73 Å². The Labute approximate surface area is 105 Å². The summed E-state index contributed by atoms with van der Waals surface area (Å²) in [5.74, 6) is 0. The Hall–Kier alpha value is -1.30. The Morgan fingerprint density at radius 2 is 2.24 bits per heavy atom. The molecule has 0 aliphatic heterocycles. The number of halogens is 1. The Balaban J connectivity index is 2.57. The molecule has 6 heteroatoms. The molecule has 0 aliphatic rings. The summed E-state index contributed by atoms with van der Waals surface area (Å²) in [5.41, 5.74) is 6.55. The zero-order chi connectivity index (χ0) is 12.8. The Kier molecular flexibility index (Phi) is 5.21. The van der Waals surface area contributed by atoms with Crippen LogP contribution in [0.1, 0.15) is 5.56 Å². The van der Waals surface area contributed by atoms with Gasteiger partial charge in [-0.3, -0.25) is 5.32 Å². The van der Waals surface area contributed by atoms with Gasteiger partial charge in [-0.2, -0.15) is 0 Å². The third-order valence-electron chi connectivity index (χ3n) is 2.27. The zero-order valence-electron chi connectivity index (χ0n) is 9.39. The summed E-state index contributed by atoms with van der Waals surface area (Å²) in [6, 6.07) is 6.53. The molecule has 0 bridgehead atoms. The van der Waals surface area contributed by atoms with Gasteiger partial charge in [-0.25, -0.2) is 4.79 Å². The van der Waals surface area contributed by atoms with Gasteiger partial charge in [-0.15, -0.1) is 0 Å². The summed E-state index contributed by atoms with van der Waals surface area (Å²) in [4.78, 5) is 10.9. The molecule has 1 aromatic carbocycles. The maximum atomic E-state index is 10.9.